The van der Waals surface area contributed by atoms with Crippen molar-refractivity contribution in [3.05, 3.63) is 12.7 Å². The monoisotopic (exact) mass is 676 g/mol. The van der Waals surface area contributed by atoms with Crippen molar-refractivity contribution >= 4 is 41.8 Å². The van der Waals surface area contributed by atoms with E-state index < -0.39 is 116 Å². The number of hydrogen-bond acceptors (Lipinski definition) is 18. The summed E-state index contributed by atoms with van der Waals surface area (Å²) in [5, 5.41) is 0. The van der Waals surface area contributed by atoms with Gasteiger partial charge in [-0.15, -0.1) is 6.58 Å². The van der Waals surface area contributed by atoms with Crippen molar-refractivity contribution in [1.82, 2.24) is 0 Å². The number of hydrogen-bond donors (Lipinski definition) is 0. The highest BCUT2D eigenvalue weighted by Gasteiger charge is 2.57. The summed E-state index contributed by atoms with van der Waals surface area (Å²) < 4.78 is 61.3. The van der Waals surface area contributed by atoms with Gasteiger partial charge in [0, 0.05) is 48.5 Å². The molecule has 0 aromatic carbocycles. The molecule has 264 valence electrons. The lowest BCUT2D eigenvalue weighted by atomic mass is 9.96. The third-order valence-electron chi connectivity index (χ3n) is 6.26. The van der Waals surface area contributed by atoms with E-state index >= 15 is 0 Å². The Balaban J connectivity index is 2.72. The quantitative estimate of drug-likeness (QED) is 0.132. The van der Waals surface area contributed by atoms with Gasteiger partial charge < -0.3 is 52.1 Å². The van der Waals surface area contributed by atoms with Crippen molar-refractivity contribution in [2.45, 2.75) is 110 Å². The molecule has 2 rings (SSSR count). The van der Waals surface area contributed by atoms with E-state index in [2.05, 4.69) is 6.58 Å². The Bertz CT molecular complexity index is 1170. The first-order valence-corrected chi connectivity index (χ1v) is 14.4. The summed E-state index contributed by atoms with van der Waals surface area (Å²) >= 11 is 0. The smallest absolute Gasteiger partial charge is 0.303 e. The average Bonchev–Trinajstić information content (AvgIpc) is 2.94. The van der Waals surface area contributed by atoms with E-state index in [-0.39, 0.29) is 6.61 Å². The molecule has 10 atom stereocenters. The van der Waals surface area contributed by atoms with Crippen LogP contribution in [0.25, 0.3) is 0 Å². The number of carbonyl (C=O) groups excluding carboxylic acids is 7. The van der Waals surface area contributed by atoms with Gasteiger partial charge in [0.05, 0.1) is 6.61 Å². The fraction of sp³-hybridized carbons (Fsp3) is 0.690. The predicted octanol–water partition coefficient (Wildman–Crippen LogP) is -0.191. The summed E-state index contributed by atoms with van der Waals surface area (Å²) in [4.78, 5) is 84.6. The molecule has 2 aliphatic rings. The second-order valence-corrected chi connectivity index (χ2v) is 10.3. The third kappa shape index (κ3) is 12.2. The Labute approximate surface area is 270 Å². The summed E-state index contributed by atoms with van der Waals surface area (Å²) in [6.45, 7) is 9.85. The van der Waals surface area contributed by atoms with Crippen LogP contribution in [0.4, 0.5) is 0 Å². The topological polar surface area (TPSA) is 221 Å². The maximum absolute atomic E-state index is 12.3. The van der Waals surface area contributed by atoms with Gasteiger partial charge in [0.2, 0.25) is 0 Å². The molecule has 0 spiro atoms. The molecule has 0 N–H and O–H groups in total. The van der Waals surface area contributed by atoms with Crippen LogP contribution in [0.3, 0.4) is 0 Å². The van der Waals surface area contributed by atoms with Crippen molar-refractivity contribution in [1.29, 1.82) is 0 Å². The minimum absolute atomic E-state index is 0.110. The molecule has 47 heavy (non-hydrogen) atoms. The van der Waals surface area contributed by atoms with E-state index in [9.17, 15) is 33.6 Å². The standard InChI is InChI=1S/C29H40O18/c1-9-10-37-28-26(43-18(7)35)25(42-17(6)34)23(21(45-28)12-39-14(3)31)47-29-27(44-19(8)36)24(41-16(5)33)22(40-15(4)32)20(46-29)11-38-13(2)30/h9,20-29H,1,10-12H2,2-8H3/t20-,21-,22+,23-,24+,25+,26-,27-,28?,29-/m1/s1. The fourth-order valence-corrected chi connectivity index (χ4v) is 4.77. The fourth-order valence-electron chi connectivity index (χ4n) is 4.77. The van der Waals surface area contributed by atoms with E-state index in [1.807, 2.05) is 0 Å². The second kappa shape index (κ2) is 18.3. The van der Waals surface area contributed by atoms with E-state index in [4.69, 9.17) is 52.1 Å². The molecular formula is C29H40O18. The maximum Gasteiger partial charge on any atom is 0.303 e. The van der Waals surface area contributed by atoms with Gasteiger partial charge in [-0.25, -0.2) is 0 Å². The highest BCUT2D eigenvalue weighted by Crippen LogP contribution is 2.35. The first kappa shape index (κ1) is 39.1. The minimum atomic E-state index is -1.77. The highest BCUT2D eigenvalue weighted by atomic mass is 16.8. The van der Waals surface area contributed by atoms with Crippen LogP contribution >= 0.6 is 0 Å². The molecule has 18 heteroatoms. The van der Waals surface area contributed by atoms with Crippen LogP contribution in [-0.4, -0.2) is 123 Å². The number of carbonyl (C=O) groups is 7. The van der Waals surface area contributed by atoms with Gasteiger partial charge in [0.1, 0.15) is 31.5 Å². The molecule has 0 radical (unpaired) electrons. The number of ether oxygens (including phenoxy) is 11. The maximum atomic E-state index is 12.3. The molecule has 0 bridgehead atoms. The Hall–Kier alpha value is -4.13. The van der Waals surface area contributed by atoms with Crippen molar-refractivity contribution in [3.8, 4) is 0 Å². The van der Waals surface area contributed by atoms with Crippen molar-refractivity contribution in [2.24, 2.45) is 0 Å². The SMILES string of the molecule is C=CCOC1O[C@H](COC(C)=O)[C@@H](O[C@H]2O[C@H](COC(C)=O)[C@H](OC(C)=O)[C@H](OC(C)=O)[C@H]2OC(C)=O)[C@H](OC(C)=O)[C@H]1OC(C)=O. The molecule has 0 aliphatic carbocycles. The number of esters is 7. The molecule has 2 saturated heterocycles. The van der Waals surface area contributed by atoms with Crippen molar-refractivity contribution < 1.29 is 85.7 Å². The van der Waals surface area contributed by atoms with Gasteiger partial charge in [-0.3, -0.25) is 33.6 Å². The lowest BCUT2D eigenvalue weighted by molar-refractivity contribution is -0.360. The molecule has 0 aromatic rings. The van der Waals surface area contributed by atoms with Crippen LogP contribution < -0.4 is 0 Å². The average molecular weight is 677 g/mol. The minimum Gasteiger partial charge on any atom is -0.463 e. The van der Waals surface area contributed by atoms with Crippen LogP contribution in [0.2, 0.25) is 0 Å². The first-order chi connectivity index (χ1) is 22.0. The van der Waals surface area contributed by atoms with Gasteiger partial charge in [-0.1, -0.05) is 6.08 Å². The first-order valence-electron chi connectivity index (χ1n) is 14.4. The predicted molar refractivity (Wildman–Crippen MR) is 149 cm³/mol. The number of rotatable bonds is 14. The lowest BCUT2D eigenvalue weighted by Gasteiger charge is -2.48. The molecule has 2 aliphatic heterocycles. The molecule has 0 amide bonds. The summed E-state index contributed by atoms with van der Waals surface area (Å²) in [6.07, 6.45) is -13.9. The van der Waals surface area contributed by atoms with Crippen LogP contribution in [0.1, 0.15) is 48.5 Å². The van der Waals surface area contributed by atoms with Crippen LogP contribution in [-0.2, 0) is 85.7 Å². The molecule has 2 fully saturated rings. The zero-order valence-electron chi connectivity index (χ0n) is 27.0. The zero-order valence-corrected chi connectivity index (χ0v) is 27.0. The molecule has 0 saturated carbocycles. The van der Waals surface area contributed by atoms with E-state index in [0.29, 0.717) is 0 Å². The molecular weight excluding hydrogens is 636 g/mol. The van der Waals surface area contributed by atoms with Crippen molar-refractivity contribution in [2.75, 3.05) is 19.8 Å². The Kier molecular flexibility index (Phi) is 15.2. The van der Waals surface area contributed by atoms with Gasteiger partial charge in [-0.2, -0.15) is 0 Å². The summed E-state index contributed by atoms with van der Waals surface area (Å²) in [6, 6.07) is 0. The summed E-state index contributed by atoms with van der Waals surface area (Å²) in [5.74, 6) is -5.81. The van der Waals surface area contributed by atoms with Crippen LogP contribution in [0.15, 0.2) is 12.7 Å². The second-order valence-electron chi connectivity index (χ2n) is 10.3. The molecule has 0 aromatic heterocycles. The van der Waals surface area contributed by atoms with Crippen molar-refractivity contribution in [3.63, 3.8) is 0 Å². The van der Waals surface area contributed by atoms with E-state index in [0.717, 1.165) is 48.5 Å². The summed E-state index contributed by atoms with van der Waals surface area (Å²) in [7, 11) is 0. The van der Waals surface area contributed by atoms with Gasteiger partial charge >= 0.3 is 41.8 Å². The van der Waals surface area contributed by atoms with E-state index in [1.165, 1.54) is 6.08 Å². The molecule has 18 nitrogen and oxygen atoms in total. The summed E-state index contributed by atoms with van der Waals surface area (Å²) in [5.41, 5.74) is 0. The largest absolute Gasteiger partial charge is 0.463 e. The Morgan fingerprint density at radius 3 is 1.30 bits per heavy atom. The highest BCUT2D eigenvalue weighted by molar-refractivity contribution is 5.69. The van der Waals surface area contributed by atoms with Gasteiger partial charge in [-0.05, 0) is 0 Å². The molecule has 1 unspecified atom stereocenters. The zero-order chi connectivity index (χ0) is 35.4. The molecule has 2 heterocycles. The van der Waals surface area contributed by atoms with Crippen LogP contribution in [0, 0.1) is 0 Å². The van der Waals surface area contributed by atoms with E-state index in [1.54, 1.807) is 0 Å². The lowest BCUT2D eigenvalue weighted by Crippen LogP contribution is -2.67. The Morgan fingerprint density at radius 1 is 0.511 bits per heavy atom. The van der Waals surface area contributed by atoms with Gasteiger partial charge in [0.15, 0.2) is 43.1 Å². The Morgan fingerprint density at radius 2 is 0.872 bits per heavy atom. The van der Waals surface area contributed by atoms with Gasteiger partial charge in [0.25, 0.3) is 0 Å². The van der Waals surface area contributed by atoms with Crippen LogP contribution in [0.5, 0.6) is 0 Å². The normalized spacial score (nSPS) is 30.1. The third-order valence-corrected chi connectivity index (χ3v) is 6.26.